The Hall–Kier alpha value is -12.1. The fraction of sp³-hybridized carbons (Fsp3) is 0.519. The molecule has 7 rings (SSSR count). The number of halogens is 2. The molecule has 6 atom stereocenters. The van der Waals surface area contributed by atoms with Gasteiger partial charge in [0.2, 0.25) is 23.6 Å². The van der Waals surface area contributed by atoms with Crippen molar-refractivity contribution in [2.75, 3.05) is 65.9 Å². The van der Waals surface area contributed by atoms with Crippen LogP contribution in [0.1, 0.15) is 124 Å². The molecule has 3 aliphatic rings. The van der Waals surface area contributed by atoms with Crippen LogP contribution in [0.5, 0.6) is 11.5 Å². The van der Waals surface area contributed by atoms with Crippen LogP contribution in [-0.2, 0) is 117 Å². The van der Waals surface area contributed by atoms with Gasteiger partial charge in [-0.15, -0.1) is 0 Å². The summed E-state index contributed by atoms with van der Waals surface area (Å²) in [6.45, 7) is 23.0. The smallest absolute Gasteiger partial charge is 0.415 e. The first-order chi connectivity index (χ1) is 55.8. The molecule has 118 heavy (non-hydrogen) atoms. The summed E-state index contributed by atoms with van der Waals surface area (Å²) < 4.78 is 71.5. The van der Waals surface area contributed by atoms with Gasteiger partial charge in [0.25, 0.3) is 6.43 Å². The van der Waals surface area contributed by atoms with Gasteiger partial charge in [-0.3, -0.25) is 28.8 Å². The molecule has 0 unspecified atom stereocenters. The normalized spacial score (nSPS) is 15.1. The second-order valence-electron chi connectivity index (χ2n) is 28.2. The summed E-state index contributed by atoms with van der Waals surface area (Å²) in [7, 11) is 0. The van der Waals surface area contributed by atoms with Crippen LogP contribution in [0.3, 0.4) is 0 Å². The highest BCUT2D eigenvalue weighted by Crippen LogP contribution is 2.20. The topological polar surface area (TPSA) is 556 Å². The number of azide groups is 2. The molecule has 0 aliphatic carbocycles. The number of aliphatic carboxylic acids is 1. The Morgan fingerprint density at radius 2 is 0.958 bits per heavy atom. The Bertz CT molecular complexity index is 3920. The summed E-state index contributed by atoms with van der Waals surface area (Å²) in [6.07, 6.45) is -4.75. The van der Waals surface area contributed by atoms with Crippen molar-refractivity contribution in [2.45, 2.75) is 182 Å². The van der Waals surface area contributed by atoms with Crippen LogP contribution in [0.4, 0.5) is 23.2 Å². The van der Waals surface area contributed by atoms with Crippen molar-refractivity contribution in [1.29, 1.82) is 0 Å². The maximum Gasteiger partial charge on any atom is 0.415 e. The van der Waals surface area contributed by atoms with Crippen LogP contribution in [0.2, 0.25) is 0 Å². The number of carbonyl (C=O) groups excluding carboxylic acids is 13. The maximum atomic E-state index is 13.7. The number of nitrogens with one attached hydrogen (secondary N) is 7. The third-order valence-corrected chi connectivity index (χ3v) is 14.8. The molecule has 648 valence electrons. The number of carboxylic acid groups (broad SMARTS) is 1. The highest BCUT2D eigenvalue weighted by molar-refractivity contribution is 5.98. The van der Waals surface area contributed by atoms with E-state index in [1.165, 1.54) is 6.92 Å². The van der Waals surface area contributed by atoms with Crippen molar-refractivity contribution in [3.63, 3.8) is 0 Å². The van der Waals surface area contributed by atoms with E-state index in [9.17, 15) is 66.3 Å². The summed E-state index contributed by atoms with van der Waals surface area (Å²) in [4.78, 5) is 161. The molecule has 0 bridgehead atoms. The van der Waals surface area contributed by atoms with E-state index < -0.39 is 138 Å². The molecule has 41 heteroatoms. The van der Waals surface area contributed by atoms with E-state index >= 15 is 0 Å². The van der Waals surface area contributed by atoms with E-state index in [1.807, 2.05) is 113 Å². The Morgan fingerprint density at radius 3 is 1.37 bits per heavy atom. The number of nitrogens with zero attached hydrogens (tertiary/aromatic N) is 6. The van der Waals surface area contributed by atoms with Crippen molar-refractivity contribution >= 4 is 77.7 Å². The van der Waals surface area contributed by atoms with E-state index in [4.69, 9.17) is 54.1 Å². The van der Waals surface area contributed by atoms with Gasteiger partial charge in [-0.1, -0.05) is 123 Å². The highest BCUT2D eigenvalue weighted by Gasteiger charge is 2.37. The van der Waals surface area contributed by atoms with Crippen LogP contribution in [0.15, 0.2) is 119 Å². The number of hydrogen-bond acceptors (Lipinski definition) is 27. The Kier molecular flexibility index (Phi) is 48.6. The number of ether oxygens (including phenoxy) is 10. The largest absolute Gasteiger partial charge is 0.544 e. The third-order valence-electron chi connectivity index (χ3n) is 14.8. The Balaban J connectivity index is 0.000000589. The molecule has 3 saturated heterocycles. The van der Waals surface area contributed by atoms with Crippen LogP contribution in [0.25, 0.3) is 20.9 Å². The number of carboxylic acids is 1. The summed E-state index contributed by atoms with van der Waals surface area (Å²) in [5, 5.41) is 33.3. The number of cyclic esters (lactones) is 6. The standard InChI is InChI=1S/C38H55N7O9.C17H15NO4.C9H13NO5.C7H11NO3.C4H11N4O2.C2H2F2O2/c1-26(2)22-31(43-37(50)32(42-27(3)46)23-28-12-14-30(15-13-28)53-25-29-10-8-7-9-11-29)36(49)44-33(24-34(47)54-38(4,5)6)35(48)40-16-18-51-20-21-52-19-17-41-45-39;19-16-15(18-17(20)22-16)10-12-6-8-14(9-7-12)21-11-13-4-2-1-3-5-13;1-9(2,3)15-6(11)4-5-7(12)14-8(13)10-5;1-4(2)3-5-6(9)11-7(10)8-5;5-8-7-1-2-9-3-4-10-6;3-1(4)2(5)6/h7-15,26,31-33H,16-25H2,1-6H3,(H,40,48)(H,42,46)(H,43,50)(H,44,49);1-9,15H,10-11H2,(H,18,20);5H,4H2,1-3H3,(H,10,13);4-5H,3H2,1-2H3,(H,8,10);1-4H2,6H3;1H,(H,5,6)/q;;;;+1;/p-1/t31-,32-,33-;15-;2*5-;;/m0000../s1. The number of carbonyl (C=O) groups is 13. The van der Waals surface area contributed by atoms with Gasteiger partial charge in [-0.05, 0) is 124 Å². The van der Waals surface area contributed by atoms with E-state index in [0.29, 0.717) is 64.1 Å². The molecule has 39 nitrogen and oxygen atoms in total. The Morgan fingerprint density at radius 1 is 0.534 bits per heavy atom. The lowest BCUT2D eigenvalue weighted by Crippen LogP contribution is -2.57. The van der Waals surface area contributed by atoms with E-state index in [2.05, 4.69) is 82.2 Å². The molecule has 4 aromatic rings. The van der Waals surface area contributed by atoms with E-state index in [1.54, 1.807) is 65.8 Å². The number of rotatable bonds is 40. The fourth-order valence-corrected chi connectivity index (χ4v) is 9.69. The van der Waals surface area contributed by atoms with Crippen LogP contribution >= 0.6 is 0 Å². The number of alkyl carbamates (subject to hydrolysis) is 3. The molecule has 7 amide bonds. The van der Waals surface area contributed by atoms with Crippen molar-refractivity contribution in [2.24, 2.45) is 22.1 Å². The number of benzene rings is 4. The second kappa shape index (κ2) is 56.2. The monoisotopic (exact) mass is 1660 g/mol. The van der Waals surface area contributed by atoms with E-state index in [-0.39, 0.29) is 64.7 Å². The minimum Gasteiger partial charge on any atom is -0.544 e. The van der Waals surface area contributed by atoms with Gasteiger partial charge in [0, 0.05) is 49.2 Å². The number of amides is 7. The first-order valence-electron chi connectivity index (χ1n) is 37.1. The molecular formula is C77H106F2N14O25. The predicted octanol–water partition coefficient (Wildman–Crippen LogP) is 5.47. The zero-order chi connectivity index (χ0) is 88.2. The third kappa shape index (κ3) is 48.3. The van der Waals surface area contributed by atoms with Crippen molar-refractivity contribution in [3.05, 3.63) is 152 Å². The SMILES string of the molecule is CC(=O)N[C@@H](Cc1ccc(OCc2ccccc2)cc1)C(=O)N[C@@H](CC(C)C)C(=O)N[C@@H](CC(=O)OC(C)(C)C)C(=O)NCCOCCOCCN=[N+]=[N-].CC(C)(C)OC(=O)C[C@@H]1NC(=O)OC1=O.CC(C)C[C@@H]1NC(=O)OC1=O.O=C([O-])C(F)F.O=C1N[C@@H](Cc2ccc(OCc3ccccc3)cc2)C(=O)O1.[N-]=[N+]=NCCOCCO[NH3+]. The molecule has 4 aromatic carbocycles. The number of quaternary nitrogens is 1. The summed E-state index contributed by atoms with van der Waals surface area (Å²) in [5.74, 6) is -2.79. The van der Waals surface area contributed by atoms with Crippen LogP contribution < -0.4 is 57.7 Å². The average Bonchev–Trinajstić information content (AvgIpc) is 1.52. The summed E-state index contributed by atoms with van der Waals surface area (Å²) in [6, 6.07) is 28.8. The average molecular weight is 1670 g/mol. The first kappa shape index (κ1) is 102. The number of esters is 5. The van der Waals surface area contributed by atoms with E-state index in [0.717, 1.165) is 28.0 Å². The Labute approximate surface area is 680 Å². The highest BCUT2D eigenvalue weighted by atomic mass is 19.3. The van der Waals surface area contributed by atoms with Crippen molar-refractivity contribution < 1.29 is 134 Å². The van der Waals surface area contributed by atoms with Gasteiger partial charge >= 0.3 is 48.1 Å². The first-order valence-corrected chi connectivity index (χ1v) is 37.1. The lowest BCUT2D eigenvalue weighted by atomic mass is 10.0. The number of alkyl halides is 2. The lowest BCUT2D eigenvalue weighted by molar-refractivity contribution is -0.689. The van der Waals surface area contributed by atoms with Gasteiger partial charge in [-0.2, -0.15) is 0 Å². The molecule has 0 spiro atoms. The van der Waals surface area contributed by atoms with Crippen molar-refractivity contribution in [1.82, 2.24) is 37.2 Å². The van der Waals surface area contributed by atoms with Crippen LogP contribution in [0, 0.1) is 11.8 Å². The molecule has 3 aliphatic heterocycles. The minimum atomic E-state index is -3.34. The van der Waals surface area contributed by atoms with Gasteiger partial charge in [0.05, 0.1) is 52.5 Å². The zero-order valence-electron chi connectivity index (χ0n) is 67.7. The summed E-state index contributed by atoms with van der Waals surface area (Å²) in [5.41, 5.74) is 18.5. The van der Waals surface area contributed by atoms with Gasteiger partial charge in [-0.25, -0.2) is 48.3 Å². The molecule has 0 saturated carbocycles. The van der Waals surface area contributed by atoms with Gasteiger partial charge < -0.3 is 94.5 Å². The van der Waals surface area contributed by atoms with Crippen molar-refractivity contribution in [3.8, 4) is 11.5 Å². The zero-order valence-corrected chi connectivity index (χ0v) is 67.7. The quantitative estimate of drug-likeness (QED) is 0.00400. The molecule has 3 heterocycles. The molecule has 0 radical (unpaired) electrons. The maximum absolute atomic E-state index is 13.7. The minimum absolute atomic E-state index is 0.0537. The molecule has 3 fully saturated rings. The fourth-order valence-electron chi connectivity index (χ4n) is 9.69. The predicted molar refractivity (Wildman–Crippen MR) is 412 cm³/mol. The van der Waals surface area contributed by atoms with Gasteiger partial charge in [0.1, 0.15) is 84.7 Å². The van der Waals surface area contributed by atoms with Gasteiger partial charge in [0.15, 0.2) is 0 Å². The molecule has 10 N–H and O–H groups in total. The summed E-state index contributed by atoms with van der Waals surface area (Å²) >= 11 is 0. The van der Waals surface area contributed by atoms with Crippen LogP contribution in [-0.4, -0.2) is 197 Å². The molecular weight excluding hydrogens is 1560 g/mol. The molecule has 0 aromatic heterocycles. The lowest BCUT2D eigenvalue weighted by Gasteiger charge is -2.27. The second-order valence-corrected chi connectivity index (χ2v) is 28.2. The number of hydrogen-bond donors (Lipinski definition) is 8.